The summed E-state index contributed by atoms with van der Waals surface area (Å²) in [7, 11) is 1.41. The molecule has 1 N–H and O–H groups in total. The van der Waals surface area contributed by atoms with E-state index in [9.17, 15) is 19.5 Å². The Kier molecular flexibility index (Phi) is 5.89. The van der Waals surface area contributed by atoms with Gasteiger partial charge in [0.15, 0.2) is 16.9 Å². The minimum absolute atomic E-state index is 0.0894. The van der Waals surface area contributed by atoms with E-state index in [1.54, 1.807) is 55.5 Å². The van der Waals surface area contributed by atoms with Crippen LogP contribution in [0.5, 0.6) is 11.5 Å². The fourth-order valence-corrected chi connectivity index (χ4v) is 4.54. The number of benzene rings is 3. The average molecular weight is 506 g/mol. The third kappa shape index (κ3) is 3.76. The lowest BCUT2D eigenvalue weighted by Gasteiger charge is -2.25. The van der Waals surface area contributed by atoms with Crippen LogP contribution in [0.25, 0.3) is 11.0 Å². The van der Waals surface area contributed by atoms with Crippen LogP contribution in [0.2, 0.25) is 5.02 Å². The van der Waals surface area contributed by atoms with E-state index in [1.165, 1.54) is 24.1 Å². The van der Waals surface area contributed by atoms with E-state index in [0.29, 0.717) is 21.8 Å². The molecule has 1 aromatic heterocycles. The molecule has 1 amide bonds. The number of rotatable bonds is 5. The van der Waals surface area contributed by atoms with E-state index in [2.05, 4.69) is 0 Å². The van der Waals surface area contributed by atoms with E-state index in [4.69, 9.17) is 25.5 Å². The zero-order valence-corrected chi connectivity index (χ0v) is 20.0. The first kappa shape index (κ1) is 23.4. The van der Waals surface area contributed by atoms with Crippen molar-refractivity contribution in [3.8, 4) is 11.5 Å². The molecule has 1 unspecified atom stereocenters. The van der Waals surface area contributed by atoms with Gasteiger partial charge >= 0.3 is 5.97 Å². The summed E-state index contributed by atoms with van der Waals surface area (Å²) in [5, 5.41) is 10.7. The number of carbonyl (C=O) groups is 2. The maximum Gasteiger partial charge on any atom is 0.338 e. The van der Waals surface area contributed by atoms with Gasteiger partial charge in [-0.3, -0.25) is 14.5 Å². The van der Waals surface area contributed by atoms with Gasteiger partial charge in [0.2, 0.25) is 5.76 Å². The lowest BCUT2D eigenvalue weighted by atomic mass is 9.97. The number of amides is 1. The number of hydrogen-bond donors (Lipinski definition) is 1. The molecule has 0 bridgehead atoms. The average Bonchev–Trinajstić information content (AvgIpc) is 3.17. The number of carbonyl (C=O) groups excluding carboxylic acids is 2. The minimum Gasteiger partial charge on any atom is -0.504 e. The number of methoxy groups -OCH3 is 1. The first-order valence-corrected chi connectivity index (χ1v) is 11.5. The quantitative estimate of drug-likeness (QED) is 0.377. The van der Waals surface area contributed by atoms with E-state index in [1.807, 2.05) is 0 Å². The van der Waals surface area contributed by atoms with Crippen LogP contribution in [0, 0.1) is 0 Å². The van der Waals surface area contributed by atoms with Crippen molar-refractivity contribution in [2.45, 2.75) is 13.0 Å². The van der Waals surface area contributed by atoms with Gasteiger partial charge in [-0.2, -0.15) is 0 Å². The second-order valence-electron chi connectivity index (χ2n) is 8.09. The van der Waals surface area contributed by atoms with Gasteiger partial charge in [0.25, 0.3) is 5.91 Å². The van der Waals surface area contributed by atoms with Crippen molar-refractivity contribution in [2.75, 3.05) is 18.6 Å². The predicted molar refractivity (Wildman–Crippen MR) is 133 cm³/mol. The fourth-order valence-electron chi connectivity index (χ4n) is 4.36. The SMILES string of the molecule is CCOC(=O)c1ccc(N2C(=O)c3oc4ccc(Cl)cc4c(=O)c3C2c2ccc(O)c(OC)c2)cc1. The molecule has 1 aliphatic rings. The number of ether oxygens (including phenoxy) is 2. The Hall–Kier alpha value is -4.30. The van der Waals surface area contributed by atoms with Crippen LogP contribution >= 0.6 is 11.6 Å². The highest BCUT2D eigenvalue weighted by Gasteiger charge is 2.44. The number of fused-ring (bicyclic) bond motifs is 2. The Balaban J connectivity index is 1.73. The molecule has 0 spiro atoms. The van der Waals surface area contributed by atoms with E-state index >= 15 is 0 Å². The van der Waals surface area contributed by atoms with Crippen molar-refractivity contribution in [1.82, 2.24) is 0 Å². The molecule has 0 saturated carbocycles. The molecule has 36 heavy (non-hydrogen) atoms. The van der Waals surface area contributed by atoms with Crippen molar-refractivity contribution in [2.24, 2.45) is 0 Å². The third-order valence-corrected chi connectivity index (χ3v) is 6.24. The maximum absolute atomic E-state index is 13.7. The zero-order valence-electron chi connectivity index (χ0n) is 19.3. The molecule has 5 rings (SSSR count). The molecule has 1 atom stereocenters. The maximum atomic E-state index is 13.7. The van der Waals surface area contributed by atoms with Gasteiger partial charge in [0.05, 0.1) is 36.3 Å². The molecule has 4 aromatic rings. The van der Waals surface area contributed by atoms with Gasteiger partial charge in [0.1, 0.15) is 5.58 Å². The van der Waals surface area contributed by atoms with Crippen LogP contribution < -0.4 is 15.1 Å². The number of phenolic OH excluding ortho intramolecular Hbond substituents is 1. The number of phenols is 1. The number of esters is 1. The largest absolute Gasteiger partial charge is 0.504 e. The van der Waals surface area contributed by atoms with Crippen molar-refractivity contribution in [1.29, 1.82) is 0 Å². The van der Waals surface area contributed by atoms with E-state index < -0.39 is 23.3 Å². The molecule has 0 fully saturated rings. The summed E-state index contributed by atoms with van der Waals surface area (Å²) < 4.78 is 16.2. The Bertz CT molecular complexity index is 1580. The lowest BCUT2D eigenvalue weighted by Crippen LogP contribution is -2.29. The molecule has 8 nitrogen and oxygen atoms in total. The summed E-state index contributed by atoms with van der Waals surface area (Å²) in [6.45, 7) is 1.95. The van der Waals surface area contributed by atoms with Crippen LogP contribution in [0.3, 0.4) is 0 Å². The summed E-state index contributed by atoms with van der Waals surface area (Å²) in [5.41, 5.74) is 1.24. The summed E-state index contributed by atoms with van der Waals surface area (Å²) in [6.07, 6.45) is 0. The number of hydrogen-bond acceptors (Lipinski definition) is 7. The van der Waals surface area contributed by atoms with Crippen LogP contribution in [0.4, 0.5) is 5.69 Å². The van der Waals surface area contributed by atoms with E-state index in [0.717, 1.165) is 0 Å². The van der Waals surface area contributed by atoms with Crippen LogP contribution in [0.1, 0.15) is 45.0 Å². The Morgan fingerprint density at radius 2 is 1.83 bits per heavy atom. The topological polar surface area (TPSA) is 106 Å². The highest BCUT2D eigenvalue weighted by atomic mass is 35.5. The summed E-state index contributed by atoms with van der Waals surface area (Å²) in [5.74, 6) is -1.02. The zero-order chi connectivity index (χ0) is 25.6. The van der Waals surface area contributed by atoms with Crippen LogP contribution in [0.15, 0.2) is 69.9 Å². The van der Waals surface area contributed by atoms with Gasteiger partial charge in [-0.1, -0.05) is 17.7 Å². The van der Waals surface area contributed by atoms with Crippen LogP contribution in [-0.2, 0) is 4.74 Å². The number of anilines is 1. The number of aromatic hydroxyl groups is 1. The van der Waals surface area contributed by atoms with E-state index in [-0.39, 0.29) is 40.4 Å². The Labute approximate surface area is 210 Å². The standard InChI is InChI=1S/C27H20ClNO7/c1-3-35-27(33)14-4-8-17(9-5-14)29-23(15-6-10-19(30)21(12-15)34-2)22-24(31)18-13-16(28)7-11-20(18)36-25(22)26(29)32/h4-13,23,30H,3H2,1-2H3. The number of nitrogens with zero attached hydrogens (tertiary/aromatic N) is 1. The molecule has 1 aliphatic heterocycles. The van der Waals surface area contributed by atoms with Crippen molar-refractivity contribution in [3.63, 3.8) is 0 Å². The second kappa shape index (κ2) is 9.05. The normalized spacial score (nSPS) is 14.7. The first-order chi connectivity index (χ1) is 17.3. The van der Waals surface area contributed by atoms with Crippen molar-refractivity contribution in [3.05, 3.63) is 98.4 Å². The molecule has 3 aromatic carbocycles. The molecule has 9 heteroatoms. The highest BCUT2D eigenvalue weighted by Crippen LogP contribution is 2.43. The van der Waals surface area contributed by atoms with Gasteiger partial charge in [0, 0.05) is 10.7 Å². The molecule has 0 aliphatic carbocycles. The molecular weight excluding hydrogens is 486 g/mol. The van der Waals surface area contributed by atoms with Crippen molar-refractivity contribution >= 4 is 40.1 Å². The lowest BCUT2D eigenvalue weighted by molar-refractivity contribution is 0.0526. The molecule has 0 radical (unpaired) electrons. The molecule has 2 heterocycles. The van der Waals surface area contributed by atoms with Gasteiger partial charge in [-0.25, -0.2) is 4.79 Å². The van der Waals surface area contributed by atoms with Crippen molar-refractivity contribution < 1.29 is 28.6 Å². The monoisotopic (exact) mass is 505 g/mol. The van der Waals surface area contributed by atoms with Gasteiger partial charge in [-0.05, 0) is 67.1 Å². The second-order valence-corrected chi connectivity index (χ2v) is 8.53. The Morgan fingerprint density at radius 1 is 1.08 bits per heavy atom. The molecule has 0 saturated heterocycles. The predicted octanol–water partition coefficient (Wildman–Crippen LogP) is 5.09. The smallest absolute Gasteiger partial charge is 0.338 e. The highest BCUT2D eigenvalue weighted by molar-refractivity contribution is 6.31. The van der Waals surface area contributed by atoms with Gasteiger partial charge < -0.3 is 19.0 Å². The van der Waals surface area contributed by atoms with Crippen LogP contribution in [-0.4, -0.2) is 30.7 Å². The summed E-state index contributed by atoms with van der Waals surface area (Å²) in [6, 6.07) is 14.6. The molecule has 182 valence electrons. The Morgan fingerprint density at radius 3 is 2.53 bits per heavy atom. The third-order valence-electron chi connectivity index (χ3n) is 6.01. The minimum atomic E-state index is -0.893. The summed E-state index contributed by atoms with van der Waals surface area (Å²) >= 11 is 6.13. The number of halogens is 1. The van der Waals surface area contributed by atoms with Gasteiger partial charge in [-0.15, -0.1) is 0 Å². The summed E-state index contributed by atoms with van der Waals surface area (Å²) in [4.78, 5) is 40.9. The molecular formula is C27H20ClNO7. The fraction of sp³-hybridized carbons (Fsp3) is 0.148. The first-order valence-electron chi connectivity index (χ1n) is 11.1.